The Balaban J connectivity index is 2.34. The van der Waals surface area contributed by atoms with Crippen molar-refractivity contribution in [3.05, 3.63) is 0 Å². The number of carbonyl (C=O) groups is 1. The van der Waals surface area contributed by atoms with Crippen molar-refractivity contribution in [1.82, 2.24) is 4.90 Å². The van der Waals surface area contributed by atoms with E-state index >= 15 is 0 Å². The second-order valence-corrected chi connectivity index (χ2v) is 5.47. The number of aliphatic hydroxyl groups is 1. The van der Waals surface area contributed by atoms with Gasteiger partial charge in [0.05, 0.1) is 6.61 Å². The van der Waals surface area contributed by atoms with E-state index in [0.29, 0.717) is 11.3 Å². The van der Waals surface area contributed by atoms with Gasteiger partial charge in [-0.25, -0.2) is 4.79 Å². The summed E-state index contributed by atoms with van der Waals surface area (Å²) >= 11 is 0. The van der Waals surface area contributed by atoms with Gasteiger partial charge in [0.2, 0.25) is 0 Å². The summed E-state index contributed by atoms with van der Waals surface area (Å²) in [6, 6.07) is 0. The molecule has 4 heteroatoms. The van der Waals surface area contributed by atoms with E-state index < -0.39 is 0 Å². The number of nitrogens with zero attached hydrogens (tertiary/aromatic N) is 1. The smallest absolute Gasteiger partial charge is 0.409 e. The Morgan fingerprint density at radius 2 is 1.94 bits per heavy atom. The first kappa shape index (κ1) is 13.3. The van der Waals surface area contributed by atoms with Crippen molar-refractivity contribution in [3.63, 3.8) is 0 Å². The molecule has 1 aliphatic heterocycles. The second kappa shape index (κ2) is 5.53. The highest BCUT2D eigenvalue weighted by molar-refractivity contribution is 5.67. The number of rotatable bonds is 2. The lowest BCUT2D eigenvalue weighted by Gasteiger charge is -2.38. The van der Waals surface area contributed by atoms with E-state index in [0.717, 1.165) is 25.9 Å². The predicted molar refractivity (Wildman–Crippen MR) is 62.2 cm³/mol. The predicted octanol–water partition coefficient (Wildman–Crippen LogP) is 1.87. The molecular formula is C12H23NO3. The number of amides is 1. The highest BCUT2D eigenvalue weighted by Crippen LogP contribution is 2.34. The third kappa shape index (κ3) is 3.67. The Kier molecular flexibility index (Phi) is 4.59. The maximum atomic E-state index is 11.5. The van der Waals surface area contributed by atoms with Crippen LogP contribution in [0.3, 0.4) is 0 Å². The zero-order valence-electron chi connectivity index (χ0n) is 10.5. The first-order valence-electron chi connectivity index (χ1n) is 5.97. The standard InChI is InChI=1S/C12H23NO3/c1-12(2,3)10-4-6-13(7-5-10)11(15)16-9-8-14/h10,14H,4-9H2,1-3H3. The van der Waals surface area contributed by atoms with Crippen molar-refractivity contribution in [2.24, 2.45) is 11.3 Å². The van der Waals surface area contributed by atoms with Crippen LogP contribution in [0.15, 0.2) is 0 Å². The van der Waals surface area contributed by atoms with Crippen molar-refractivity contribution in [2.75, 3.05) is 26.3 Å². The molecule has 0 aromatic rings. The summed E-state index contributed by atoms with van der Waals surface area (Å²) in [6.45, 7) is 8.27. The zero-order valence-corrected chi connectivity index (χ0v) is 10.5. The van der Waals surface area contributed by atoms with Crippen LogP contribution in [0.25, 0.3) is 0 Å². The fraction of sp³-hybridized carbons (Fsp3) is 0.917. The van der Waals surface area contributed by atoms with Crippen LogP contribution >= 0.6 is 0 Å². The summed E-state index contributed by atoms with van der Waals surface area (Å²) in [5, 5.41) is 8.57. The number of hydrogen-bond donors (Lipinski definition) is 1. The first-order valence-corrected chi connectivity index (χ1v) is 5.97. The Hall–Kier alpha value is -0.770. The lowest BCUT2D eigenvalue weighted by Crippen LogP contribution is -2.41. The molecule has 0 saturated carbocycles. The molecule has 0 atom stereocenters. The van der Waals surface area contributed by atoms with E-state index in [2.05, 4.69) is 20.8 Å². The summed E-state index contributed by atoms with van der Waals surface area (Å²) in [7, 11) is 0. The molecule has 1 amide bonds. The van der Waals surface area contributed by atoms with Crippen molar-refractivity contribution in [2.45, 2.75) is 33.6 Å². The van der Waals surface area contributed by atoms with E-state index in [9.17, 15) is 4.79 Å². The molecule has 1 rings (SSSR count). The summed E-state index contributed by atoms with van der Waals surface area (Å²) in [4.78, 5) is 13.2. The second-order valence-electron chi connectivity index (χ2n) is 5.47. The van der Waals surface area contributed by atoms with Crippen LogP contribution in [0.1, 0.15) is 33.6 Å². The summed E-state index contributed by atoms with van der Waals surface area (Å²) in [6.07, 6.45) is 1.79. The molecule has 0 aliphatic carbocycles. The van der Waals surface area contributed by atoms with Crippen molar-refractivity contribution >= 4 is 6.09 Å². The zero-order chi connectivity index (χ0) is 12.2. The van der Waals surface area contributed by atoms with Gasteiger partial charge in [0.25, 0.3) is 0 Å². The summed E-state index contributed by atoms with van der Waals surface area (Å²) < 4.78 is 4.89. The van der Waals surface area contributed by atoms with Crippen molar-refractivity contribution < 1.29 is 14.6 Å². The summed E-state index contributed by atoms with van der Waals surface area (Å²) in [5.74, 6) is 0.675. The van der Waals surface area contributed by atoms with Gasteiger partial charge in [-0.2, -0.15) is 0 Å². The number of aliphatic hydroxyl groups excluding tert-OH is 1. The van der Waals surface area contributed by atoms with Gasteiger partial charge in [-0.1, -0.05) is 20.8 Å². The average Bonchev–Trinajstić information content (AvgIpc) is 2.25. The number of carbonyl (C=O) groups excluding carboxylic acids is 1. The van der Waals surface area contributed by atoms with Gasteiger partial charge in [0, 0.05) is 13.1 Å². The molecule has 1 N–H and O–H groups in total. The Morgan fingerprint density at radius 3 is 2.38 bits per heavy atom. The monoisotopic (exact) mass is 229 g/mol. The molecule has 4 nitrogen and oxygen atoms in total. The van der Waals surface area contributed by atoms with Crippen LogP contribution in [-0.4, -0.2) is 42.4 Å². The number of hydrogen-bond acceptors (Lipinski definition) is 3. The van der Waals surface area contributed by atoms with Gasteiger partial charge in [-0.15, -0.1) is 0 Å². The maximum Gasteiger partial charge on any atom is 0.409 e. The minimum Gasteiger partial charge on any atom is -0.447 e. The van der Waals surface area contributed by atoms with E-state index in [1.807, 2.05) is 0 Å². The van der Waals surface area contributed by atoms with Crippen molar-refractivity contribution in [3.8, 4) is 0 Å². The molecule has 0 bridgehead atoms. The van der Waals surface area contributed by atoms with Crippen LogP contribution in [0.4, 0.5) is 4.79 Å². The van der Waals surface area contributed by atoms with Crippen LogP contribution in [0, 0.1) is 11.3 Å². The maximum absolute atomic E-state index is 11.5. The van der Waals surface area contributed by atoms with Gasteiger partial charge in [0.15, 0.2) is 0 Å². The highest BCUT2D eigenvalue weighted by Gasteiger charge is 2.30. The Bertz CT molecular complexity index is 227. The van der Waals surface area contributed by atoms with E-state index in [1.54, 1.807) is 4.90 Å². The molecule has 0 aromatic heterocycles. The molecule has 16 heavy (non-hydrogen) atoms. The molecular weight excluding hydrogens is 206 g/mol. The number of piperidine rings is 1. The topological polar surface area (TPSA) is 49.8 Å². The van der Waals surface area contributed by atoms with Crippen LogP contribution in [0.2, 0.25) is 0 Å². The van der Waals surface area contributed by atoms with Gasteiger partial charge >= 0.3 is 6.09 Å². The van der Waals surface area contributed by atoms with Gasteiger partial charge in [-0.05, 0) is 24.2 Å². The third-order valence-electron chi connectivity index (χ3n) is 3.29. The molecule has 0 unspecified atom stereocenters. The van der Waals surface area contributed by atoms with E-state index in [-0.39, 0.29) is 19.3 Å². The molecule has 0 radical (unpaired) electrons. The summed E-state index contributed by atoms with van der Waals surface area (Å²) in [5.41, 5.74) is 0.321. The highest BCUT2D eigenvalue weighted by atomic mass is 16.6. The molecule has 94 valence electrons. The number of ether oxygens (including phenoxy) is 1. The van der Waals surface area contributed by atoms with Gasteiger partial charge < -0.3 is 14.7 Å². The largest absolute Gasteiger partial charge is 0.447 e. The minimum atomic E-state index is -0.290. The Morgan fingerprint density at radius 1 is 1.38 bits per heavy atom. The normalized spacial score (nSPS) is 18.6. The van der Waals surface area contributed by atoms with Gasteiger partial charge in [0.1, 0.15) is 6.61 Å². The minimum absolute atomic E-state index is 0.0953. The van der Waals surface area contributed by atoms with Crippen LogP contribution in [0.5, 0.6) is 0 Å². The lowest BCUT2D eigenvalue weighted by molar-refractivity contribution is 0.0602. The van der Waals surface area contributed by atoms with Crippen LogP contribution in [-0.2, 0) is 4.74 Å². The van der Waals surface area contributed by atoms with Gasteiger partial charge in [-0.3, -0.25) is 0 Å². The van der Waals surface area contributed by atoms with E-state index in [4.69, 9.17) is 9.84 Å². The SMILES string of the molecule is CC(C)(C)C1CCN(C(=O)OCCO)CC1. The third-order valence-corrected chi connectivity index (χ3v) is 3.29. The Labute approximate surface area is 97.6 Å². The van der Waals surface area contributed by atoms with Crippen LogP contribution < -0.4 is 0 Å². The molecule has 1 fully saturated rings. The fourth-order valence-corrected chi connectivity index (χ4v) is 2.15. The quantitative estimate of drug-likeness (QED) is 0.786. The fourth-order valence-electron chi connectivity index (χ4n) is 2.15. The number of likely N-dealkylation sites (tertiary alicyclic amines) is 1. The molecule has 0 spiro atoms. The van der Waals surface area contributed by atoms with E-state index in [1.165, 1.54) is 0 Å². The molecule has 1 saturated heterocycles. The first-order chi connectivity index (χ1) is 7.45. The molecule has 1 heterocycles. The molecule has 0 aromatic carbocycles. The lowest BCUT2D eigenvalue weighted by atomic mass is 9.75. The molecule has 1 aliphatic rings. The van der Waals surface area contributed by atoms with Crippen molar-refractivity contribution in [1.29, 1.82) is 0 Å². The average molecular weight is 229 g/mol.